The first kappa shape index (κ1) is 31.0. The lowest BCUT2D eigenvalue weighted by Crippen LogP contribution is -2.17. The Kier molecular flexibility index (Phi) is 12.3. The molecule has 0 amide bonds. The van der Waals surface area contributed by atoms with Crippen molar-refractivity contribution in [2.75, 3.05) is 19.8 Å². The van der Waals surface area contributed by atoms with Gasteiger partial charge in [0.1, 0.15) is 18.5 Å². The van der Waals surface area contributed by atoms with Crippen LogP contribution < -0.4 is 4.74 Å². The number of benzene rings is 1. The quantitative estimate of drug-likeness (QED) is 0.0788. The Bertz CT molecular complexity index is 1110. The molecule has 0 aromatic heterocycles. The summed E-state index contributed by atoms with van der Waals surface area (Å²) in [6.07, 6.45) is 8.03. The highest BCUT2D eigenvalue weighted by molar-refractivity contribution is 5.69. The molecule has 40 heavy (non-hydrogen) atoms. The fourth-order valence-corrected chi connectivity index (χ4v) is 5.16. The third kappa shape index (κ3) is 9.26. The number of fused-ring (bicyclic) bond motifs is 3. The Morgan fingerprint density at radius 1 is 1.18 bits per heavy atom. The van der Waals surface area contributed by atoms with Gasteiger partial charge in [0.15, 0.2) is 0 Å². The van der Waals surface area contributed by atoms with Gasteiger partial charge < -0.3 is 24.2 Å². The zero-order valence-corrected chi connectivity index (χ0v) is 23.2. The molecule has 5 unspecified atom stereocenters. The van der Waals surface area contributed by atoms with Crippen LogP contribution in [0.15, 0.2) is 30.4 Å². The highest BCUT2D eigenvalue weighted by atomic mass is 16.9. The molecule has 1 fully saturated rings. The van der Waals surface area contributed by atoms with E-state index in [0.29, 0.717) is 31.6 Å². The second-order valence-corrected chi connectivity index (χ2v) is 10.2. The molecule has 1 aliphatic carbocycles. The van der Waals surface area contributed by atoms with Crippen LogP contribution in [0.2, 0.25) is 0 Å². The number of nitrogens with zero attached hydrogens (tertiary/aromatic N) is 1. The molecule has 1 N–H and O–H groups in total. The number of para-hydroxylation sites is 1. The largest absolute Gasteiger partial charge is 0.489 e. The molecule has 5 atom stereocenters. The minimum atomic E-state index is -0.967. The Labute approximate surface area is 235 Å². The van der Waals surface area contributed by atoms with Crippen molar-refractivity contribution in [1.82, 2.24) is 0 Å². The van der Waals surface area contributed by atoms with Crippen molar-refractivity contribution < 1.29 is 38.8 Å². The molecular weight excluding hydrogens is 518 g/mol. The zero-order chi connectivity index (χ0) is 28.9. The molecule has 3 rings (SSSR count). The maximum Gasteiger partial charge on any atom is 0.307 e. The van der Waals surface area contributed by atoms with E-state index < -0.39 is 17.2 Å². The Hall–Kier alpha value is -3.58. The number of rotatable bonds is 16. The van der Waals surface area contributed by atoms with Gasteiger partial charge in [-0.05, 0) is 50.0 Å². The Morgan fingerprint density at radius 3 is 2.65 bits per heavy atom. The molecule has 1 aliphatic heterocycles. The van der Waals surface area contributed by atoms with Crippen LogP contribution in [-0.2, 0) is 30.3 Å². The van der Waals surface area contributed by atoms with E-state index in [1.807, 2.05) is 32.1 Å². The third-order valence-electron chi connectivity index (χ3n) is 7.29. The molecule has 0 spiro atoms. The van der Waals surface area contributed by atoms with Crippen molar-refractivity contribution in [3.8, 4) is 17.6 Å². The predicted molar refractivity (Wildman–Crippen MR) is 146 cm³/mol. The lowest BCUT2D eigenvalue weighted by atomic mass is 9.86. The van der Waals surface area contributed by atoms with Gasteiger partial charge in [0.25, 0.3) is 5.09 Å². The monoisotopic (exact) mass is 557 g/mol. The smallest absolute Gasteiger partial charge is 0.307 e. The third-order valence-corrected chi connectivity index (χ3v) is 7.29. The number of esters is 2. The molecule has 0 saturated heterocycles. The Morgan fingerprint density at radius 2 is 1.93 bits per heavy atom. The van der Waals surface area contributed by atoms with E-state index in [9.17, 15) is 24.8 Å². The van der Waals surface area contributed by atoms with E-state index in [4.69, 9.17) is 14.2 Å². The summed E-state index contributed by atoms with van der Waals surface area (Å²) >= 11 is 0. The average molecular weight is 558 g/mol. The van der Waals surface area contributed by atoms with Crippen LogP contribution in [0.3, 0.4) is 0 Å². The Balaban J connectivity index is 1.40. The van der Waals surface area contributed by atoms with Crippen molar-refractivity contribution in [2.24, 2.45) is 11.8 Å². The number of aliphatic hydroxyl groups excluding tert-OH is 1. The van der Waals surface area contributed by atoms with Crippen LogP contribution >= 0.6 is 0 Å². The summed E-state index contributed by atoms with van der Waals surface area (Å²) in [5.74, 6) is 6.58. The molecule has 218 valence electrons. The van der Waals surface area contributed by atoms with Crippen molar-refractivity contribution in [3.63, 3.8) is 0 Å². The summed E-state index contributed by atoms with van der Waals surface area (Å²) in [6.45, 7) is 3.64. The number of allylic oxidation sites excluding steroid dienone is 1. The van der Waals surface area contributed by atoms with E-state index in [1.165, 1.54) is 5.56 Å². The number of hydrogen-bond donors (Lipinski definition) is 1. The minimum absolute atomic E-state index is 0.0577. The van der Waals surface area contributed by atoms with Crippen LogP contribution in [0.25, 0.3) is 0 Å². The second-order valence-electron chi connectivity index (χ2n) is 10.2. The highest BCUT2D eigenvalue weighted by Crippen LogP contribution is 2.52. The number of aryl methyl sites for hydroxylation is 1. The molecule has 0 radical (unpaired) electrons. The van der Waals surface area contributed by atoms with E-state index in [0.717, 1.165) is 24.2 Å². The normalized spacial score (nSPS) is 20.4. The van der Waals surface area contributed by atoms with Gasteiger partial charge in [-0.3, -0.25) is 9.59 Å². The molecule has 1 saturated carbocycles. The number of aliphatic hydroxyl groups is 1. The van der Waals surface area contributed by atoms with Gasteiger partial charge in [-0.1, -0.05) is 37.3 Å². The van der Waals surface area contributed by atoms with Crippen LogP contribution in [0, 0.1) is 33.8 Å². The molecule has 1 aromatic carbocycles. The molecule has 10 nitrogen and oxygen atoms in total. The zero-order valence-electron chi connectivity index (χ0n) is 23.2. The van der Waals surface area contributed by atoms with Crippen LogP contribution in [-0.4, -0.2) is 54.2 Å². The standard InChI is InChI=1S/C30H39NO9/c1-3-4-8-21(2)25(32)15-13-22-14-16-26-29(22)24-11-5-9-23(30(24)40-26)10-6-12-27(33)37-18-7-19-38-28(34)17-20-39-31(35)36/h5,9,11,13,15,21-22,25-26,29,32H,6-8,10,12,14,16-20H2,1-2H3/b15-13+. The molecular formula is C30H39NO9. The first-order valence-electron chi connectivity index (χ1n) is 13.9. The van der Waals surface area contributed by atoms with Gasteiger partial charge in [0.05, 0.1) is 25.7 Å². The van der Waals surface area contributed by atoms with Crippen molar-refractivity contribution in [1.29, 1.82) is 0 Å². The maximum atomic E-state index is 12.1. The minimum Gasteiger partial charge on any atom is -0.489 e. The fraction of sp³-hybridized carbons (Fsp3) is 0.600. The van der Waals surface area contributed by atoms with Crippen molar-refractivity contribution in [3.05, 3.63) is 51.6 Å². The molecule has 2 aliphatic rings. The summed E-state index contributed by atoms with van der Waals surface area (Å²) in [4.78, 5) is 37.6. The van der Waals surface area contributed by atoms with E-state index in [1.54, 1.807) is 0 Å². The summed E-state index contributed by atoms with van der Waals surface area (Å²) in [5.41, 5.74) is 2.29. The predicted octanol–water partition coefficient (Wildman–Crippen LogP) is 4.31. The van der Waals surface area contributed by atoms with E-state index in [2.05, 4.69) is 28.8 Å². The number of carbonyl (C=O) groups excluding carboxylic acids is 2. The molecule has 1 heterocycles. The van der Waals surface area contributed by atoms with Gasteiger partial charge in [-0.25, -0.2) is 0 Å². The van der Waals surface area contributed by atoms with E-state index in [-0.39, 0.29) is 56.6 Å². The lowest BCUT2D eigenvalue weighted by molar-refractivity contribution is -0.757. The maximum absolute atomic E-state index is 12.1. The van der Waals surface area contributed by atoms with Crippen molar-refractivity contribution >= 4 is 11.9 Å². The van der Waals surface area contributed by atoms with Gasteiger partial charge >= 0.3 is 11.9 Å². The lowest BCUT2D eigenvalue weighted by Gasteiger charge is -2.17. The summed E-state index contributed by atoms with van der Waals surface area (Å²) in [5, 5.41) is 19.6. The molecule has 0 bridgehead atoms. The average Bonchev–Trinajstić information content (AvgIpc) is 3.50. The SMILES string of the molecule is CC#CCC(C)C(O)/C=C/C1CCC2Oc3c(CCCC(=O)OCCCOC(=O)CCO[N+](=O)[O-])cccc3C12. The summed E-state index contributed by atoms with van der Waals surface area (Å²) in [6, 6.07) is 6.21. The molecule has 1 aromatic rings. The first-order chi connectivity index (χ1) is 19.3. The number of ether oxygens (including phenoxy) is 3. The topological polar surface area (TPSA) is 134 Å². The van der Waals surface area contributed by atoms with Gasteiger partial charge in [-0.15, -0.1) is 22.0 Å². The fourth-order valence-electron chi connectivity index (χ4n) is 5.16. The summed E-state index contributed by atoms with van der Waals surface area (Å²) in [7, 11) is 0. The second kappa shape index (κ2) is 15.9. The first-order valence-corrected chi connectivity index (χ1v) is 13.9. The van der Waals surface area contributed by atoms with Crippen LogP contribution in [0.5, 0.6) is 5.75 Å². The number of carbonyl (C=O) groups is 2. The van der Waals surface area contributed by atoms with Gasteiger partial charge in [0, 0.05) is 30.7 Å². The van der Waals surface area contributed by atoms with Crippen LogP contribution in [0.4, 0.5) is 0 Å². The van der Waals surface area contributed by atoms with Crippen molar-refractivity contribution in [2.45, 2.75) is 83.3 Å². The van der Waals surface area contributed by atoms with Gasteiger partial charge in [-0.2, -0.15) is 0 Å². The number of hydrogen-bond acceptors (Lipinski definition) is 9. The molecule has 10 heteroatoms. The summed E-state index contributed by atoms with van der Waals surface area (Å²) < 4.78 is 16.5. The van der Waals surface area contributed by atoms with Crippen LogP contribution in [0.1, 0.15) is 75.8 Å². The van der Waals surface area contributed by atoms with E-state index >= 15 is 0 Å². The highest BCUT2D eigenvalue weighted by Gasteiger charge is 2.44. The van der Waals surface area contributed by atoms with Gasteiger partial charge in [0.2, 0.25) is 0 Å².